The third kappa shape index (κ3) is 2.38. The molecule has 0 saturated heterocycles. The van der Waals surface area contributed by atoms with Crippen LogP contribution in [0.3, 0.4) is 0 Å². The van der Waals surface area contributed by atoms with Crippen LogP contribution in [0.25, 0.3) is 5.69 Å². The van der Waals surface area contributed by atoms with E-state index in [2.05, 4.69) is 31.9 Å². The number of benzene rings is 1. The summed E-state index contributed by atoms with van der Waals surface area (Å²) in [7, 11) is 2.11. The van der Waals surface area contributed by atoms with Gasteiger partial charge in [0.2, 0.25) is 0 Å². The molecule has 0 unspecified atom stereocenters. The number of pyridine rings is 1. The van der Waals surface area contributed by atoms with Crippen molar-refractivity contribution in [1.29, 1.82) is 0 Å². The van der Waals surface area contributed by atoms with Gasteiger partial charge >= 0.3 is 0 Å². The predicted molar refractivity (Wildman–Crippen MR) is 89.4 cm³/mol. The summed E-state index contributed by atoms with van der Waals surface area (Å²) in [6.07, 6.45) is 0.888. The monoisotopic (exact) mass is 297 g/mol. The largest absolute Gasteiger partial charge is 0.326 e. The standard InChI is InChI=1S/C18H23N3O/c1-12-5-4-6-16(13(12)2)21-17-7-8-20(3)11-15(17)9-14(10-19)18(21)22/h4-6,9H,7-8,10-11,19H2,1-3H3. The maximum atomic E-state index is 12.9. The quantitative estimate of drug-likeness (QED) is 0.921. The second-order valence-corrected chi connectivity index (χ2v) is 6.19. The molecule has 0 atom stereocenters. The fourth-order valence-electron chi connectivity index (χ4n) is 3.22. The molecule has 2 heterocycles. The first kappa shape index (κ1) is 15.0. The molecule has 0 spiro atoms. The number of nitrogens with zero attached hydrogens (tertiary/aromatic N) is 2. The van der Waals surface area contributed by atoms with Crippen LogP contribution >= 0.6 is 0 Å². The van der Waals surface area contributed by atoms with Gasteiger partial charge in [-0.25, -0.2) is 0 Å². The fraction of sp³-hybridized carbons (Fsp3) is 0.389. The molecule has 0 aliphatic carbocycles. The van der Waals surface area contributed by atoms with Crippen molar-refractivity contribution in [3.8, 4) is 5.69 Å². The molecule has 0 amide bonds. The van der Waals surface area contributed by atoms with Gasteiger partial charge in [-0.05, 0) is 49.7 Å². The van der Waals surface area contributed by atoms with Gasteiger partial charge in [-0.2, -0.15) is 0 Å². The molecule has 1 aliphatic heterocycles. The molecule has 1 aliphatic rings. The maximum absolute atomic E-state index is 12.9. The van der Waals surface area contributed by atoms with E-state index in [-0.39, 0.29) is 12.1 Å². The zero-order chi connectivity index (χ0) is 15.9. The minimum Gasteiger partial charge on any atom is -0.326 e. The lowest BCUT2D eigenvalue weighted by atomic mass is 10.0. The highest BCUT2D eigenvalue weighted by Gasteiger charge is 2.21. The number of hydrogen-bond donors (Lipinski definition) is 1. The smallest absolute Gasteiger partial charge is 0.259 e. The minimum absolute atomic E-state index is 0.0273. The van der Waals surface area contributed by atoms with Gasteiger partial charge < -0.3 is 10.6 Å². The van der Waals surface area contributed by atoms with Gasteiger partial charge in [-0.15, -0.1) is 0 Å². The Morgan fingerprint density at radius 1 is 1.27 bits per heavy atom. The number of nitrogens with two attached hydrogens (primary N) is 1. The van der Waals surface area contributed by atoms with E-state index in [4.69, 9.17) is 5.73 Å². The Balaban J connectivity index is 2.33. The molecule has 0 saturated carbocycles. The number of aromatic nitrogens is 1. The van der Waals surface area contributed by atoms with Crippen molar-refractivity contribution in [3.63, 3.8) is 0 Å². The predicted octanol–water partition coefficient (Wildman–Crippen LogP) is 1.90. The first-order valence-electron chi connectivity index (χ1n) is 7.74. The molecule has 1 aromatic carbocycles. The van der Waals surface area contributed by atoms with Gasteiger partial charge in [0.05, 0.1) is 5.69 Å². The van der Waals surface area contributed by atoms with Gasteiger partial charge in [0, 0.05) is 37.3 Å². The Labute approximate surface area is 131 Å². The Kier molecular flexibility index (Phi) is 3.89. The van der Waals surface area contributed by atoms with Crippen LogP contribution in [0, 0.1) is 13.8 Å². The first-order chi connectivity index (χ1) is 10.5. The van der Waals surface area contributed by atoms with Crippen molar-refractivity contribution in [2.75, 3.05) is 13.6 Å². The van der Waals surface area contributed by atoms with Crippen LogP contribution in [0.5, 0.6) is 0 Å². The molecule has 4 heteroatoms. The molecule has 1 aromatic heterocycles. The summed E-state index contributed by atoms with van der Waals surface area (Å²) in [5.74, 6) is 0. The van der Waals surface area contributed by atoms with E-state index in [1.54, 1.807) is 0 Å². The van der Waals surface area contributed by atoms with Crippen LogP contribution < -0.4 is 11.3 Å². The lowest BCUT2D eigenvalue weighted by molar-refractivity contribution is 0.307. The zero-order valence-electron chi connectivity index (χ0n) is 13.5. The van der Waals surface area contributed by atoms with Crippen molar-refractivity contribution in [3.05, 3.63) is 62.6 Å². The first-order valence-corrected chi connectivity index (χ1v) is 7.74. The van der Waals surface area contributed by atoms with E-state index in [0.29, 0.717) is 5.56 Å². The molecule has 2 aromatic rings. The van der Waals surface area contributed by atoms with Crippen molar-refractivity contribution >= 4 is 0 Å². The molecule has 116 valence electrons. The summed E-state index contributed by atoms with van der Waals surface area (Å²) in [5, 5.41) is 0. The number of aryl methyl sites for hydroxylation is 1. The van der Waals surface area contributed by atoms with E-state index in [1.807, 2.05) is 22.8 Å². The second kappa shape index (κ2) is 5.71. The number of fused-ring (bicyclic) bond motifs is 1. The van der Waals surface area contributed by atoms with Crippen molar-refractivity contribution < 1.29 is 0 Å². The Bertz CT molecular complexity index is 777. The molecular weight excluding hydrogens is 274 g/mol. The van der Waals surface area contributed by atoms with Crippen LogP contribution in [0.4, 0.5) is 0 Å². The summed E-state index contributed by atoms with van der Waals surface area (Å²) in [5.41, 5.74) is 12.2. The highest BCUT2D eigenvalue weighted by molar-refractivity contribution is 5.48. The van der Waals surface area contributed by atoms with Crippen molar-refractivity contribution in [1.82, 2.24) is 9.47 Å². The molecule has 0 bridgehead atoms. The number of rotatable bonds is 2. The van der Waals surface area contributed by atoms with Crippen LogP contribution in [-0.4, -0.2) is 23.1 Å². The molecule has 22 heavy (non-hydrogen) atoms. The molecule has 3 rings (SSSR count). The summed E-state index contributed by atoms with van der Waals surface area (Å²) in [4.78, 5) is 15.2. The fourth-order valence-corrected chi connectivity index (χ4v) is 3.22. The summed E-state index contributed by atoms with van der Waals surface area (Å²) in [6, 6.07) is 8.12. The highest BCUT2D eigenvalue weighted by Crippen LogP contribution is 2.23. The number of likely N-dealkylation sites (N-methyl/N-ethyl adjacent to an activating group) is 1. The second-order valence-electron chi connectivity index (χ2n) is 6.19. The van der Waals surface area contributed by atoms with E-state index in [9.17, 15) is 4.79 Å². The Morgan fingerprint density at radius 3 is 2.77 bits per heavy atom. The summed E-state index contributed by atoms with van der Waals surface area (Å²) in [6.45, 7) is 6.28. The zero-order valence-corrected chi connectivity index (χ0v) is 13.5. The molecule has 2 N–H and O–H groups in total. The van der Waals surface area contributed by atoms with E-state index >= 15 is 0 Å². The average molecular weight is 297 g/mol. The lowest BCUT2D eigenvalue weighted by Crippen LogP contribution is -2.35. The van der Waals surface area contributed by atoms with Crippen LogP contribution in [0.1, 0.15) is 27.9 Å². The average Bonchev–Trinajstić information content (AvgIpc) is 2.50. The highest BCUT2D eigenvalue weighted by atomic mass is 16.1. The van der Waals surface area contributed by atoms with Gasteiger partial charge in [0.15, 0.2) is 0 Å². The summed E-state index contributed by atoms with van der Waals surface area (Å²) < 4.78 is 1.90. The van der Waals surface area contributed by atoms with E-state index in [1.165, 1.54) is 11.1 Å². The Morgan fingerprint density at radius 2 is 2.05 bits per heavy atom. The van der Waals surface area contributed by atoms with Crippen LogP contribution in [-0.2, 0) is 19.5 Å². The summed E-state index contributed by atoms with van der Waals surface area (Å²) >= 11 is 0. The molecule has 4 nitrogen and oxygen atoms in total. The third-order valence-corrected chi connectivity index (χ3v) is 4.67. The van der Waals surface area contributed by atoms with E-state index in [0.717, 1.165) is 36.5 Å². The van der Waals surface area contributed by atoms with Gasteiger partial charge in [0.1, 0.15) is 0 Å². The van der Waals surface area contributed by atoms with Gasteiger partial charge in [-0.1, -0.05) is 12.1 Å². The minimum atomic E-state index is 0.0273. The third-order valence-electron chi connectivity index (χ3n) is 4.67. The SMILES string of the molecule is Cc1cccc(-n2c3c(cc(CN)c2=O)CN(C)CC3)c1C. The van der Waals surface area contributed by atoms with Gasteiger partial charge in [0.25, 0.3) is 5.56 Å². The maximum Gasteiger partial charge on any atom is 0.259 e. The van der Waals surface area contributed by atoms with Crippen LogP contribution in [0.2, 0.25) is 0 Å². The van der Waals surface area contributed by atoms with Crippen LogP contribution in [0.15, 0.2) is 29.1 Å². The molecule has 0 radical (unpaired) electrons. The van der Waals surface area contributed by atoms with Crippen molar-refractivity contribution in [2.45, 2.75) is 33.4 Å². The topological polar surface area (TPSA) is 51.3 Å². The van der Waals surface area contributed by atoms with Crippen molar-refractivity contribution in [2.24, 2.45) is 5.73 Å². The normalized spacial score (nSPS) is 14.9. The van der Waals surface area contributed by atoms with E-state index < -0.39 is 0 Å². The lowest BCUT2D eigenvalue weighted by Gasteiger charge is -2.29. The Hall–Kier alpha value is -1.91. The number of hydrogen-bond acceptors (Lipinski definition) is 3. The van der Waals surface area contributed by atoms with Gasteiger partial charge in [-0.3, -0.25) is 9.36 Å². The molecule has 0 fully saturated rings. The molecular formula is C18H23N3O.